The molecule has 2 aromatic rings. The molecule has 1 fully saturated rings. The van der Waals surface area contributed by atoms with Crippen molar-refractivity contribution in [3.05, 3.63) is 35.3 Å². The number of carbonyl (C=O) groups is 2. The Labute approximate surface area is 188 Å². The molecule has 1 aliphatic heterocycles. The SMILES string of the molecule is CCCNC(=O)CN1CCC(NC(=O)c2csc(-c3ccc(OC(C)C)cc3)n2)CC1. The van der Waals surface area contributed by atoms with E-state index in [4.69, 9.17) is 4.74 Å². The Hall–Kier alpha value is -2.45. The van der Waals surface area contributed by atoms with Crippen molar-refractivity contribution in [3.8, 4) is 16.3 Å². The average molecular weight is 445 g/mol. The lowest BCUT2D eigenvalue weighted by Gasteiger charge is -2.31. The molecule has 1 aromatic heterocycles. The Balaban J connectivity index is 1.48. The van der Waals surface area contributed by atoms with Crippen molar-refractivity contribution in [2.75, 3.05) is 26.2 Å². The molecule has 2 heterocycles. The summed E-state index contributed by atoms with van der Waals surface area (Å²) in [5, 5.41) is 8.62. The summed E-state index contributed by atoms with van der Waals surface area (Å²) < 4.78 is 5.67. The Kier molecular flexibility index (Phi) is 8.43. The lowest BCUT2D eigenvalue weighted by molar-refractivity contribution is -0.122. The van der Waals surface area contributed by atoms with Gasteiger partial charge in [0.25, 0.3) is 5.91 Å². The first kappa shape index (κ1) is 23.2. The topological polar surface area (TPSA) is 83.6 Å². The molecule has 0 unspecified atom stereocenters. The molecule has 3 rings (SSSR count). The van der Waals surface area contributed by atoms with Crippen LogP contribution in [-0.2, 0) is 4.79 Å². The van der Waals surface area contributed by atoms with Crippen LogP contribution in [0, 0.1) is 0 Å². The fraction of sp³-hybridized carbons (Fsp3) is 0.522. The molecule has 0 atom stereocenters. The minimum absolute atomic E-state index is 0.0724. The zero-order valence-electron chi connectivity index (χ0n) is 18.5. The number of ether oxygens (including phenoxy) is 1. The minimum atomic E-state index is -0.138. The van der Waals surface area contributed by atoms with Crippen LogP contribution in [-0.4, -0.2) is 60.0 Å². The second-order valence-electron chi connectivity index (χ2n) is 8.10. The van der Waals surface area contributed by atoms with E-state index in [1.165, 1.54) is 11.3 Å². The third kappa shape index (κ3) is 7.04. The van der Waals surface area contributed by atoms with Gasteiger partial charge in [-0.15, -0.1) is 11.3 Å². The first-order valence-corrected chi connectivity index (χ1v) is 11.8. The number of nitrogens with one attached hydrogen (secondary N) is 2. The van der Waals surface area contributed by atoms with Gasteiger partial charge in [-0.2, -0.15) is 0 Å². The number of aromatic nitrogens is 1. The summed E-state index contributed by atoms with van der Waals surface area (Å²) in [6, 6.07) is 7.88. The maximum atomic E-state index is 12.6. The van der Waals surface area contributed by atoms with Crippen LogP contribution in [0.25, 0.3) is 10.6 Å². The van der Waals surface area contributed by atoms with Gasteiger partial charge in [-0.1, -0.05) is 6.92 Å². The van der Waals surface area contributed by atoms with Crippen LogP contribution in [0.3, 0.4) is 0 Å². The zero-order chi connectivity index (χ0) is 22.2. The fourth-order valence-corrected chi connectivity index (χ4v) is 4.28. The number of benzene rings is 1. The molecule has 0 radical (unpaired) electrons. The van der Waals surface area contributed by atoms with Gasteiger partial charge in [0, 0.05) is 36.6 Å². The van der Waals surface area contributed by atoms with Gasteiger partial charge < -0.3 is 15.4 Å². The number of hydrogen-bond donors (Lipinski definition) is 2. The van der Waals surface area contributed by atoms with Crippen molar-refractivity contribution >= 4 is 23.2 Å². The molecule has 0 spiro atoms. The summed E-state index contributed by atoms with van der Waals surface area (Å²) in [5.74, 6) is 0.756. The van der Waals surface area contributed by atoms with Gasteiger partial charge in [0.1, 0.15) is 16.5 Å². The quantitative estimate of drug-likeness (QED) is 0.620. The molecule has 168 valence electrons. The van der Waals surface area contributed by atoms with Gasteiger partial charge in [-0.25, -0.2) is 4.98 Å². The van der Waals surface area contributed by atoms with Gasteiger partial charge in [-0.3, -0.25) is 14.5 Å². The summed E-state index contributed by atoms with van der Waals surface area (Å²) in [6.07, 6.45) is 2.74. The van der Waals surface area contributed by atoms with Crippen molar-refractivity contribution in [3.63, 3.8) is 0 Å². The molecular formula is C23H32N4O3S. The highest BCUT2D eigenvalue weighted by molar-refractivity contribution is 7.13. The summed E-state index contributed by atoms with van der Waals surface area (Å²) >= 11 is 1.46. The highest BCUT2D eigenvalue weighted by Crippen LogP contribution is 2.26. The Morgan fingerprint density at radius 1 is 1.23 bits per heavy atom. The maximum absolute atomic E-state index is 12.6. The predicted octanol–water partition coefficient (Wildman–Crippen LogP) is 3.32. The summed E-state index contributed by atoms with van der Waals surface area (Å²) in [4.78, 5) is 31.2. The number of amides is 2. The molecular weight excluding hydrogens is 412 g/mol. The molecule has 8 heteroatoms. The summed E-state index contributed by atoms with van der Waals surface area (Å²) in [7, 11) is 0. The van der Waals surface area contributed by atoms with Gasteiger partial charge in [0.05, 0.1) is 12.6 Å². The number of carbonyl (C=O) groups excluding carboxylic acids is 2. The lowest BCUT2D eigenvalue weighted by Crippen LogP contribution is -2.47. The molecule has 1 aliphatic rings. The Morgan fingerprint density at radius 3 is 2.58 bits per heavy atom. The zero-order valence-corrected chi connectivity index (χ0v) is 19.3. The van der Waals surface area contributed by atoms with Gasteiger partial charge >= 0.3 is 0 Å². The molecule has 1 saturated heterocycles. The van der Waals surface area contributed by atoms with Crippen LogP contribution in [0.2, 0.25) is 0 Å². The molecule has 1 aromatic carbocycles. The van der Waals surface area contributed by atoms with E-state index in [9.17, 15) is 9.59 Å². The van der Waals surface area contributed by atoms with Crippen molar-refractivity contribution in [2.45, 2.75) is 52.2 Å². The van der Waals surface area contributed by atoms with Gasteiger partial charge in [0.2, 0.25) is 5.91 Å². The number of hydrogen-bond acceptors (Lipinski definition) is 6. The van der Waals surface area contributed by atoms with Crippen molar-refractivity contribution < 1.29 is 14.3 Å². The fourth-order valence-electron chi connectivity index (χ4n) is 3.48. The van der Waals surface area contributed by atoms with E-state index in [2.05, 4.69) is 20.5 Å². The normalized spacial score (nSPS) is 15.1. The van der Waals surface area contributed by atoms with E-state index in [-0.39, 0.29) is 24.0 Å². The van der Waals surface area contributed by atoms with Crippen LogP contribution in [0.15, 0.2) is 29.6 Å². The van der Waals surface area contributed by atoms with Crippen molar-refractivity contribution in [1.82, 2.24) is 20.5 Å². The molecule has 2 N–H and O–H groups in total. The number of thiazole rings is 1. The first-order valence-electron chi connectivity index (χ1n) is 11.0. The molecule has 0 aliphatic carbocycles. The summed E-state index contributed by atoms with van der Waals surface area (Å²) in [6.45, 7) is 8.78. The van der Waals surface area contributed by atoms with Gasteiger partial charge in [0.15, 0.2) is 0 Å². The molecule has 31 heavy (non-hydrogen) atoms. The van der Waals surface area contributed by atoms with E-state index in [0.29, 0.717) is 12.2 Å². The monoisotopic (exact) mass is 444 g/mol. The van der Waals surface area contributed by atoms with Gasteiger partial charge in [-0.05, 0) is 57.4 Å². The first-order chi connectivity index (χ1) is 14.9. The second kappa shape index (κ2) is 11.2. The largest absolute Gasteiger partial charge is 0.491 e. The molecule has 0 bridgehead atoms. The number of piperidine rings is 1. The van der Waals surface area contributed by atoms with Crippen LogP contribution >= 0.6 is 11.3 Å². The second-order valence-corrected chi connectivity index (χ2v) is 8.96. The van der Waals surface area contributed by atoms with E-state index in [1.54, 1.807) is 5.38 Å². The van der Waals surface area contributed by atoms with Crippen LogP contribution < -0.4 is 15.4 Å². The average Bonchev–Trinajstić information content (AvgIpc) is 3.24. The molecule has 0 saturated carbocycles. The third-order valence-corrected chi connectivity index (χ3v) is 5.96. The lowest BCUT2D eigenvalue weighted by atomic mass is 10.0. The van der Waals surface area contributed by atoms with Crippen molar-refractivity contribution in [2.24, 2.45) is 0 Å². The molecule has 2 amide bonds. The number of rotatable bonds is 9. The third-order valence-electron chi connectivity index (χ3n) is 5.07. The van der Waals surface area contributed by atoms with E-state index < -0.39 is 0 Å². The standard InChI is InChI=1S/C23H32N4O3S/c1-4-11-24-21(28)14-27-12-9-18(10-13-27)25-22(29)20-15-31-23(26-20)17-5-7-19(8-6-17)30-16(2)3/h5-8,15-16,18H,4,9-14H2,1-3H3,(H,24,28)(H,25,29). The van der Waals surface area contributed by atoms with Crippen LogP contribution in [0.5, 0.6) is 5.75 Å². The smallest absolute Gasteiger partial charge is 0.270 e. The van der Waals surface area contributed by atoms with Crippen LogP contribution in [0.1, 0.15) is 50.5 Å². The van der Waals surface area contributed by atoms with Crippen LogP contribution in [0.4, 0.5) is 0 Å². The van der Waals surface area contributed by atoms with Crippen molar-refractivity contribution in [1.29, 1.82) is 0 Å². The minimum Gasteiger partial charge on any atom is -0.491 e. The van der Waals surface area contributed by atoms with E-state index >= 15 is 0 Å². The Morgan fingerprint density at radius 2 is 1.94 bits per heavy atom. The Bertz CT molecular complexity index is 858. The number of nitrogens with zero attached hydrogens (tertiary/aromatic N) is 2. The maximum Gasteiger partial charge on any atom is 0.270 e. The predicted molar refractivity (Wildman–Crippen MR) is 124 cm³/mol. The highest BCUT2D eigenvalue weighted by Gasteiger charge is 2.23. The summed E-state index contributed by atoms with van der Waals surface area (Å²) in [5.41, 5.74) is 1.42. The molecule has 7 nitrogen and oxygen atoms in total. The van der Waals surface area contributed by atoms with E-state index in [0.717, 1.165) is 55.2 Å². The number of likely N-dealkylation sites (tertiary alicyclic amines) is 1. The van der Waals surface area contributed by atoms with E-state index in [1.807, 2.05) is 45.0 Å². The highest BCUT2D eigenvalue weighted by atomic mass is 32.1.